The summed E-state index contributed by atoms with van der Waals surface area (Å²) in [6.07, 6.45) is 0. The van der Waals surface area contributed by atoms with Crippen LogP contribution in [0.3, 0.4) is 0 Å². The molecular formula is C12H15N5O2S. The number of anilines is 2. The molecule has 0 aliphatic heterocycles. The van der Waals surface area contributed by atoms with Crippen LogP contribution < -0.4 is 16.2 Å². The number of aromatic nitrogens is 2. The van der Waals surface area contributed by atoms with Gasteiger partial charge in [0.1, 0.15) is 22.8 Å². The summed E-state index contributed by atoms with van der Waals surface area (Å²) < 4.78 is 14.2. The number of carbonyl (C=O) groups excluding carboxylic acids is 1. The maximum Gasteiger partial charge on any atom is 0.254 e. The van der Waals surface area contributed by atoms with Gasteiger partial charge in [-0.1, -0.05) is 12.1 Å². The molecule has 7 nitrogen and oxygen atoms in total. The minimum atomic E-state index is -1.10. The van der Waals surface area contributed by atoms with Crippen molar-refractivity contribution in [2.75, 3.05) is 16.2 Å². The van der Waals surface area contributed by atoms with Crippen LogP contribution in [0.5, 0.6) is 0 Å². The number of amides is 1. The molecule has 2 aromatic rings. The van der Waals surface area contributed by atoms with Crippen LogP contribution >= 0.6 is 0 Å². The Kier molecular flexibility index (Phi) is 4.16. The van der Waals surface area contributed by atoms with Gasteiger partial charge in [0.05, 0.1) is 17.0 Å². The van der Waals surface area contributed by atoms with Gasteiger partial charge in [-0.15, -0.1) is 0 Å². The van der Waals surface area contributed by atoms with Crippen molar-refractivity contribution in [3.05, 3.63) is 29.8 Å². The lowest BCUT2D eigenvalue weighted by atomic mass is 10.1. The SMILES string of the molecule is CC[S+]([O-])Nc1ccc(-c2n[nH]c(N)c2C(N)=O)cc1. The highest BCUT2D eigenvalue weighted by molar-refractivity contribution is 7.92. The average molecular weight is 293 g/mol. The lowest BCUT2D eigenvalue weighted by molar-refractivity contribution is 0.100. The molecule has 1 aromatic carbocycles. The normalized spacial score (nSPS) is 12.1. The first-order chi connectivity index (χ1) is 9.52. The fraction of sp³-hybridized carbons (Fsp3) is 0.167. The van der Waals surface area contributed by atoms with Gasteiger partial charge in [0.25, 0.3) is 5.91 Å². The van der Waals surface area contributed by atoms with E-state index in [0.29, 0.717) is 17.0 Å². The van der Waals surface area contributed by atoms with Crippen LogP contribution in [0.4, 0.5) is 11.5 Å². The number of hydrogen-bond donors (Lipinski definition) is 4. The van der Waals surface area contributed by atoms with Crippen molar-refractivity contribution in [3.63, 3.8) is 0 Å². The number of aromatic amines is 1. The van der Waals surface area contributed by atoms with Crippen LogP contribution in [0.2, 0.25) is 0 Å². The van der Waals surface area contributed by atoms with Crippen molar-refractivity contribution in [1.82, 2.24) is 10.2 Å². The zero-order chi connectivity index (χ0) is 14.7. The minimum Gasteiger partial charge on any atom is -0.593 e. The molecule has 0 aliphatic carbocycles. The number of nitrogen functional groups attached to an aromatic ring is 1. The summed E-state index contributed by atoms with van der Waals surface area (Å²) >= 11 is -1.10. The Labute approximate surface area is 119 Å². The van der Waals surface area contributed by atoms with Gasteiger partial charge in [-0.3, -0.25) is 9.89 Å². The van der Waals surface area contributed by atoms with Crippen LogP contribution in [0.25, 0.3) is 11.3 Å². The van der Waals surface area contributed by atoms with Gasteiger partial charge in [0.15, 0.2) is 0 Å². The van der Waals surface area contributed by atoms with Gasteiger partial charge in [0, 0.05) is 5.56 Å². The topological polar surface area (TPSA) is 133 Å². The van der Waals surface area contributed by atoms with E-state index in [0.717, 1.165) is 5.69 Å². The van der Waals surface area contributed by atoms with Crippen LogP contribution in [0.1, 0.15) is 17.3 Å². The van der Waals surface area contributed by atoms with E-state index in [-0.39, 0.29) is 11.4 Å². The highest BCUT2D eigenvalue weighted by Gasteiger charge is 2.17. The molecule has 20 heavy (non-hydrogen) atoms. The number of carbonyl (C=O) groups is 1. The quantitative estimate of drug-likeness (QED) is 0.607. The second kappa shape index (κ2) is 5.85. The number of nitrogens with zero attached hydrogens (tertiary/aromatic N) is 1. The van der Waals surface area contributed by atoms with Crippen molar-refractivity contribution in [1.29, 1.82) is 0 Å². The third-order valence-corrected chi connectivity index (χ3v) is 3.68. The fourth-order valence-electron chi connectivity index (χ4n) is 1.71. The Morgan fingerprint density at radius 1 is 1.45 bits per heavy atom. The molecule has 0 fully saturated rings. The fourth-order valence-corrected chi connectivity index (χ4v) is 2.26. The molecule has 0 bridgehead atoms. The highest BCUT2D eigenvalue weighted by atomic mass is 32.2. The second-order valence-corrected chi connectivity index (χ2v) is 5.51. The molecule has 0 aliphatic rings. The van der Waals surface area contributed by atoms with Gasteiger partial charge in [-0.2, -0.15) is 5.10 Å². The Hall–Kier alpha value is -2.19. The Morgan fingerprint density at radius 3 is 2.65 bits per heavy atom. The molecule has 1 aromatic heterocycles. The molecule has 0 saturated carbocycles. The summed E-state index contributed by atoms with van der Waals surface area (Å²) in [7, 11) is 0. The van der Waals surface area contributed by atoms with E-state index in [9.17, 15) is 9.35 Å². The van der Waals surface area contributed by atoms with Crippen molar-refractivity contribution in [2.45, 2.75) is 6.92 Å². The molecular weight excluding hydrogens is 278 g/mol. The van der Waals surface area contributed by atoms with E-state index < -0.39 is 17.3 Å². The van der Waals surface area contributed by atoms with E-state index in [2.05, 4.69) is 14.9 Å². The number of nitrogens with two attached hydrogens (primary N) is 2. The molecule has 1 heterocycles. The van der Waals surface area contributed by atoms with Gasteiger partial charge in [-0.25, -0.2) is 4.72 Å². The zero-order valence-corrected chi connectivity index (χ0v) is 11.7. The monoisotopic (exact) mass is 293 g/mol. The van der Waals surface area contributed by atoms with Crippen molar-refractivity contribution >= 4 is 28.8 Å². The van der Waals surface area contributed by atoms with Crippen LogP contribution in [0.15, 0.2) is 24.3 Å². The van der Waals surface area contributed by atoms with E-state index in [1.165, 1.54) is 0 Å². The third kappa shape index (κ3) is 2.86. The summed E-state index contributed by atoms with van der Waals surface area (Å²) in [6, 6.07) is 6.99. The molecule has 0 spiro atoms. The first-order valence-corrected chi connectivity index (χ1v) is 7.24. The second-order valence-electron chi connectivity index (χ2n) is 4.04. The van der Waals surface area contributed by atoms with E-state index in [1.807, 2.05) is 6.92 Å². The van der Waals surface area contributed by atoms with Crippen LogP contribution in [-0.2, 0) is 11.4 Å². The molecule has 2 rings (SSSR count). The maximum absolute atomic E-state index is 11.4. The first-order valence-electron chi connectivity index (χ1n) is 5.92. The number of H-pyrrole nitrogens is 1. The van der Waals surface area contributed by atoms with Crippen molar-refractivity contribution in [2.24, 2.45) is 5.73 Å². The number of rotatable bonds is 5. The summed E-state index contributed by atoms with van der Waals surface area (Å²) in [6.45, 7) is 1.82. The van der Waals surface area contributed by atoms with Crippen LogP contribution in [-0.4, -0.2) is 26.4 Å². The lowest BCUT2D eigenvalue weighted by Crippen LogP contribution is -2.14. The molecule has 1 atom stereocenters. The van der Waals surface area contributed by atoms with E-state index >= 15 is 0 Å². The van der Waals surface area contributed by atoms with Crippen molar-refractivity contribution in [3.8, 4) is 11.3 Å². The summed E-state index contributed by atoms with van der Waals surface area (Å²) in [5, 5.41) is 6.52. The Balaban J connectivity index is 2.29. The minimum absolute atomic E-state index is 0.141. The molecule has 1 amide bonds. The summed E-state index contributed by atoms with van der Waals surface area (Å²) in [4.78, 5) is 11.4. The Bertz CT molecular complexity index is 611. The highest BCUT2D eigenvalue weighted by Crippen LogP contribution is 2.26. The standard InChI is InChI=1S/C12H15N5O2S/c1-2-20(19)17-8-5-3-7(4-6-8)10-9(12(14)18)11(13)16-15-10/h3-6,17H,2H2,1H3,(H2,14,18)(H3,13,15,16). The van der Waals surface area contributed by atoms with Gasteiger partial charge in [-0.05, 0) is 19.1 Å². The smallest absolute Gasteiger partial charge is 0.254 e. The van der Waals surface area contributed by atoms with Crippen LogP contribution in [0, 0.1) is 0 Å². The summed E-state index contributed by atoms with van der Waals surface area (Å²) in [5.74, 6) is 0.0195. The van der Waals surface area contributed by atoms with E-state index in [4.69, 9.17) is 11.5 Å². The molecule has 8 heteroatoms. The summed E-state index contributed by atoms with van der Waals surface area (Å²) in [5.41, 5.74) is 12.9. The Morgan fingerprint density at radius 2 is 2.10 bits per heavy atom. The number of primary amides is 1. The van der Waals surface area contributed by atoms with E-state index in [1.54, 1.807) is 24.3 Å². The molecule has 1 unspecified atom stereocenters. The molecule has 106 valence electrons. The van der Waals surface area contributed by atoms with Crippen molar-refractivity contribution < 1.29 is 9.35 Å². The predicted molar refractivity (Wildman–Crippen MR) is 79.3 cm³/mol. The number of benzene rings is 1. The zero-order valence-electron chi connectivity index (χ0n) is 10.8. The largest absolute Gasteiger partial charge is 0.593 e. The molecule has 6 N–H and O–H groups in total. The average Bonchev–Trinajstić information content (AvgIpc) is 2.81. The first kappa shape index (κ1) is 14.2. The molecule has 0 saturated heterocycles. The van der Waals surface area contributed by atoms with Gasteiger partial charge < -0.3 is 16.0 Å². The van der Waals surface area contributed by atoms with Gasteiger partial charge in [0.2, 0.25) is 0 Å². The lowest BCUT2D eigenvalue weighted by Gasteiger charge is -2.10. The number of nitrogens with one attached hydrogen (secondary N) is 2. The molecule has 0 radical (unpaired) electrons. The third-order valence-electron chi connectivity index (χ3n) is 2.69. The number of hydrogen-bond acceptors (Lipinski definition) is 5. The maximum atomic E-state index is 11.4. The predicted octanol–water partition coefficient (Wildman–Crippen LogP) is 0.853. The van der Waals surface area contributed by atoms with Gasteiger partial charge >= 0.3 is 0 Å².